The SMILES string of the molecule is Cc1ccc(N2C(=S)N[C@@H](c3ccccn3)[C@H]2c2cc(C)n(-c3ccc(F)cc3)c2C)cc1. The van der Waals surface area contributed by atoms with Crippen molar-refractivity contribution in [3.63, 3.8) is 0 Å². The Morgan fingerprint density at radius 3 is 2.27 bits per heavy atom. The van der Waals surface area contributed by atoms with Crippen LogP contribution >= 0.6 is 12.2 Å². The minimum absolute atomic E-state index is 0.0875. The lowest BCUT2D eigenvalue weighted by atomic mass is 9.96. The first-order valence-corrected chi connectivity index (χ1v) is 11.4. The zero-order valence-electron chi connectivity index (χ0n) is 18.8. The van der Waals surface area contributed by atoms with Gasteiger partial charge in [-0.2, -0.15) is 0 Å². The van der Waals surface area contributed by atoms with Crippen LogP contribution in [0.25, 0.3) is 5.69 Å². The minimum Gasteiger partial charge on any atom is -0.351 e. The maximum Gasteiger partial charge on any atom is 0.174 e. The van der Waals surface area contributed by atoms with Crippen LogP contribution in [0.4, 0.5) is 10.1 Å². The molecule has 1 aliphatic rings. The standard InChI is InChI=1S/C27H25FN4S/c1-17-7-11-22(12-8-17)32-26(25(30-27(32)33)24-6-4-5-15-29-24)23-16-18(2)31(19(23)3)21-13-9-20(28)10-14-21/h4-16,25-26H,1-3H3,(H,30,33)/t25-,26+/m0/s1. The van der Waals surface area contributed by atoms with Crippen LogP contribution in [0, 0.1) is 26.6 Å². The number of benzene rings is 2. The molecule has 5 rings (SSSR count). The Labute approximate surface area is 198 Å². The number of aromatic nitrogens is 2. The molecule has 6 heteroatoms. The van der Waals surface area contributed by atoms with Gasteiger partial charge < -0.3 is 14.8 Å². The van der Waals surface area contributed by atoms with Crippen molar-refractivity contribution in [3.8, 4) is 5.69 Å². The number of rotatable bonds is 4. The molecule has 2 aromatic heterocycles. The molecule has 0 bridgehead atoms. The largest absolute Gasteiger partial charge is 0.351 e. The molecule has 2 atom stereocenters. The Hall–Kier alpha value is -3.51. The Kier molecular flexibility index (Phi) is 5.46. The first-order chi connectivity index (χ1) is 15.9. The van der Waals surface area contributed by atoms with Gasteiger partial charge in [-0.15, -0.1) is 0 Å². The van der Waals surface area contributed by atoms with Crippen LogP contribution in [0.2, 0.25) is 0 Å². The van der Waals surface area contributed by atoms with Crippen LogP contribution in [-0.2, 0) is 0 Å². The van der Waals surface area contributed by atoms with E-state index in [1.807, 2.05) is 36.5 Å². The van der Waals surface area contributed by atoms with E-state index in [0.717, 1.165) is 34.0 Å². The summed E-state index contributed by atoms with van der Waals surface area (Å²) in [7, 11) is 0. The van der Waals surface area contributed by atoms with E-state index in [4.69, 9.17) is 12.2 Å². The Balaban J connectivity index is 1.67. The second kappa shape index (κ2) is 8.45. The van der Waals surface area contributed by atoms with Gasteiger partial charge in [0.1, 0.15) is 5.82 Å². The average Bonchev–Trinajstić information content (AvgIpc) is 3.31. The summed E-state index contributed by atoms with van der Waals surface area (Å²) >= 11 is 5.84. The molecule has 1 aliphatic heterocycles. The van der Waals surface area contributed by atoms with Crippen molar-refractivity contribution in [3.05, 3.63) is 113 Å². The molecule has 2 aromatic carbocycles. The van der Waals surface area contributed by atoms with Crippen molar-refractivity contribution in [2.75, 3.05) is 4.90 Å². The quantitative estimate of drug-likeness (QED) is 0.376. The number of thiocarbonyl (C=S) groups is 1. The Bertz CT molecular complexity index is 1300. The molecule has 0 spiro atoms. The lowest BCUT2D eigenvalue weighted by Gasteiger charge is -2.28. The summed E-state index contributed by atoms with van der Waals surface area (Å²) in [4.78, 5) is 6.83. The van der Waals surface area contributed by atoms with Crippen LogP contribution in [0.1, 0.15) is 40.3 Å². The zero-order valence-corrected chi connectivity index (χ0v) is 19.6. The van der Waals surface area contributed by atoms with E-state index in [2.05, 4.69) is 70.9 Å². The number of pyridine rings is 1. The number of hydrogen-bond acceptors (Lipinski definition) is 2. The highest BCUT2D eigenvalue weighted by Gasteiger charge is 2.42. The molecular weight excluding hydrogens is 431 g/mol. The Morgan fingerprint density at radius 2 is 1.61 bits per heavy atom. The molecule has 33 heavy (non-hydrogen) atoms. The van der Waals surface area contributed by atoms with Gasteiger partial charge in [-0.3, -0.25) is 4.98 Å². The number of nitrogens with one attached hydrogen (secondary N) is 1. The van der Waals surface area contributed by atoms with E-state index in [9.17, 15) is 4.39 Å². The number of hydrogen-bond donors (Lipinski definition) is 1. The van der Waals surface area contributed by atoms with Gasteiger partial charge in [0.05, 0.1) is 17.8 Å². The predicted octanol–water partition coefficient (Wildman–Crippen LogP) is 6.11. The van der Waals surface area contributed by atoms with Crippen molar-refractivity contribution in [2.45, 2.75) is 32.9 Å². The van der Waals surface area contributed by atoms with E-state index < -0.39 is 0 Å². The lowest BCUT2D eigenvalue weighted by molar-refractivity contribution is 0.565. The normalized spacial score (nSPS) is 17.9. The van der Waals surface area contributed by atoms with Gasteiger partial charge in [-0.05, 0) is 93.1 Å². The van der Waals surface area contributed by atoms with Gasteiger partial charge in [-0.1, -0.05) is 23.8 Å². The fourth-order valence-electron chi connectivity index (χ4n) is 4.73. The second-order valence-corrected chi connectivity index (χ2v) is 8.86. The summed E-state index contributed by atoms with van der Waals surface area (Å²) in [5, 5.41) is 4.19. The average molecular weight is 457 g/mol. The van der Waals surface area contributed by atoms with Crippen molar-refractivity contribution in [2.24, 2.45) is 0 Å². The molecule has 0 unspecified atom stereocenters. The van der Waals surface area contributed by atoms with E-state index in [0.29, 0.717) is 5.11 Å². The molecule has 1 N–H and O–H groups in total. The summed E-state index contributed by atoms with van der Waals surface area (Å²) in [6, 6.07) is 23.0. The molecule has 4 nitrogen and oxygen atoms in total. The lowest BCUT2D eigenvalue weighted by Crippen LogP contribution is -2.29. The third-order valence-electron chi connectivity index (χ3n) is 6.28. The van der Waals surface area contributed by atoms with Crippen LogP contribution in [-0.4, -0.2) is 14.7 Å². The molecule has 0 saturated carbocycles. The van der Waals surface area contributed by atoms with Gasteiger partial charge in [0.15, 0.2) is 5.11 Å². The number of aryl methyl sites for hydroxylation is 2. The third-order valence-corrected chi connectivity index (χ3v) is 6.60. The molecule has 166 valence electrons. The summed E-state index contributed by atoms with van der Waals surface area (Å²) in [5.74, 6) is -0.243. The molecular formula is C27H25FN4S. The van der Waals surface area contributed by atoms with Gasteiger partial charge in [-0.25, -0.2) is 4.39 Å². The van der Waals surface area contributed by atoms with E-state index in [-0.39, 0.29) is 17.9 Å². The molecule has 0 amide bonds. The van der Waals surface area contributed by atoms with E-state index >= 15 is 0 Å². The summed E-state index contributed by atoms with van der Waals surface area (Å²) in [6.45, 7) is 6.26. The fourth-order valence-corrected chi connectivity index (χ4v) is 5.07. The van der Waals surface area contributed by atoms with Crippen LogP contribution in [0.5, 0.6) is 0 Å². The topological polar surface area (TPSA) is 33.1 Å². The third kappa shape index (κ3) is 3.80. The molecule has 1 saturated heterocycles. The number of anilines is 1. The maximum absolute atomic E-state index is 13.6. The summed E-state index contributed by atoms with van der Waals surface area (Å²) < 4.78 is 15.7. The van der Waals surface area contributed by atoms with Gasteiger partial charge >= 0.3 is 0 Å². The van der Waals surface area contributed by atoms with E-state index in [1.54, 1.807) is 0 Å². The van der Waals surface area contributed by atoms with Crippen LogP contribution < -0.4 is 10.2 Å². The molecule has 3 heterocycles. The molecule has 1 fully saturated rings. The number of nitrogens with zero attached hydrogens (tertiary/aromatic N) is 3. The second-order valence-electron chi connectivity index (χ2n) is 8.47. The fraction of sp³-hybridized carbons (Fsp3) is 0.185. The van der Waals surface area contributed by atoms with Gasteiger partial charge in [0.25, 0.3) is 0 Å². The van der Waals surface area contributed by atoms with Crippen molar-refractivity contribution in [1.82, 2.24) is 14.9 Å². The van der Waals surface area contributed by atoms with E-state index in [1.165, 1.54) is 17.7 Å². The first-order valence-electron chi connectivity index (χ1n) is 11.0. The summed E-state index contributed by atoms with van der Waals surface area (Å²) in [6.07, 6.45) is 1.81. The highest BCUT2D eigenvalue weighted by molar-refractivity contribution is 7.80. The molecule has 4 aromatic rings. The van der Waals surface area contributed by atoms with Crippen LogP contribution in [0.3, 0.4) is 0 Å². The van der Waals surface area contributed by atoms with Crippen molar-refractivity contribution < 1.29 is 4.39 Å². The summed E-state index contributed by atoms with van der Waals surface area (Å²) in [5.41, 5.74) is 7.43. The van der Waals surface area contributed by atoms with Gasteiger partial charge in [0.2, 0.25) is 0 Å². The van der Waals surface area contributed by atoms with Crippen LogP contribution in [0.15, 0.2) is 79.0 Å². The van der Waals surface area contributed by atoms with Crippen molar-refractivity contribution >= 4 is 23.0 Å². The van der Waals surface area contributed by atoms with Crippen molar-refractivity contribution in [1.29, 1.82) is 0 Å². The molecule has 0 radical (unpaired) electrons. The zero-order chi connectivity index (χ0) is 23.1. The Morgan fingerprint density at radius 1 is 0.909 bits per heavy atom. The maximum atomic E-state index is 13.6. The smallest absolute Gasteiger partial charge is 0.174 e. The van der Waals surface area contributed by atoms with Gasteiger partial charge in [0, 0.05) is 29.0 Å². The first kappa shape index (κ1) is 21.3. The predicted molar refractivity (Wildman–Crippen MR) is 134 cm³/mol. The molecule has 0 aliphatic carbocycles. The number of halogens is 1. The minimum atomic E-state index is -0.243. The highest BCUT2D eigenvalue weighted by atomic mass is 32.1. The monoisotopic (exact) mass is 456 g/mol. The highest BCUT2D eigenvalue weighted by Crippen LogP contribution is 2.43.